The van der Waals surface area contributed by atoms with Crippen molar-refractivity contribution >= 4 is 22.2 Å². The Kier molecular flexibility index (Phi) is 1.92. The van der Waals surface area contributed by atoms with E-state index in [1.54, 1.807) is 6.92 Å². The lowest BCUT2D eigenvalue weighted by atomic mass is 10.1. The summed E-state index contributed by atoms with van der Waals surface area (Å²) >= 11 is 0. The summed E-state index contributed by atoms with van der Waals surface area (Å²) in [5.74, 6) is -0.764. The summed E-state index contributed by atoms with van der Waals surface area (Å²) < 4.78 is 27.3. The second kappa shape index (κ2) is 2.83. The molecule has 3 atom stereocenters. The first kappa shape index (κ1) is 10.2. The molecule has 0 saturated carbocycles. The van der Waals surface area contributed by atoms with E-state index in [9.17, 15) is 18.0 Å². The number of nitrogens with zero attached hydrogens (tertiary/aromatic N) is 1. The summed E-state index contributed by atoms with van der Waals surface area (Å²) in [6.45, 7) is 1.56. The Morgan fingerprint density at radius 1 is 1.47 bits per heavy atom. The maximum absolute atomic E-state index is 11.3. The van der Waals surface area contributed by atoms with Crippen LogP contribution in [0.15, 0.2) is 0 Å². The van der Waals surface area contributed by atoms with Crippen molar-refractivity contribution in [2.24, 2.45) is 5.14 Å². The predicted molar refractivity (Wildman–Crippen MR) is 46.6 cm³/mol. The number of hydrogen-bond donors (Lipinski definition) is 2. The number of hydrogen-bond acceptors (Lipinski definition) is 5. The molecule has 0 radical (unpaired) electrons. The van der Waals surface area contributed by atoms with E-state index >= 15 is 0 Å². The maximum atomic E-state index is 11.3. The first-order valence-corrected chi connectivity index (χ1v) is 5.66. The van der Waals surface area contributed by atoms with Crippen LogP contribution in [-0.4, -0.2) is 42.9 Å². The van der Waals surface area contributed by atoms with Crippen molar-refractivity contribution < 1.29 is 22.7 Å². The Morgan fingerprint density at radius 3 is 2.60 bits per heavy atom. The van der Waals surface area contributed by atoms with Crippen LogP contribution >= 0.6 is 0 Å². The zero-order chi connectivity index (χ0) is 11.4. The quantitative estimate of drug-likeness (QED) is 0.504. The van der Waals surface area contributed by atoms with Gasteiger partial charge in [-0.3, -0.25) is 0 Å². The Labute approximate surface area is 85.5 Å². The second-order valence-corrected chi connectivity index (χ2v) is 4.83. The smallest absolute Gasteiger partial charge is 0.333 e. The largest absolute Gasteiger partial charge is 0.459 e. The number of urea groups is 1. The van der Waals surface area contributed by atoms with Crippen molar-refractivity contribution in [1.29, 1.82) is 0 Å². The number of ether oxygens (including phenoxy) is 1. The monoisotopic (exact) mass is 235 g/mol. The van der Waals surface area contributed by atoms with Gasteiger partial charge in [0.1, 0.15) is 6.10 Å². The highest BCUT2D eigenvalue weighted by molar-refractivity contribution is 7.87. The van der Waals surface area contributed by atoms with Gasteiger partial charge < -0.3 is 10.1 Å². The predicted octanol–water partition coefficient (Wildman–Crippen LogP) is -2.10. The number of amides is 2. The number of esters is 1. The van der Waals surface area contributed by atoms with Gasteiger partial charge in [0.05, 0.1) is 6.04 Å². The van der Waals surface area contributed by atoms with E-state index in [1.165, 1.54) is 0 Å². The van der Waals surface area contributed by atoms with Gasteiger partial charge in [-0.2, -0.15) is 12.7 Å². The van der Waals surface area contributed by atoms with Crippen LogP contribution in [-0.2, 0) is 19.7 Å². The van der Waals surface area contributed by atoms with Gasteiger partial charge in [-0.1, -0.05) is 0 Å². The SMILES string of the molecule is C[C@@H]1OC(=O)[C@@H]2[C@H]1NC(=O)N2S(N)(=O)=O. The fourth-order valence-corrected chi connectivity index (χ4v) is 2.59. The van der Waals surface area contributed by atoms with Crippen molar-refractivity contribution in [2.75, 3.05) is 0 Å². The molecule has 0 aromatic heterocycles. The van der Waals surface area contributed by atoms with Crippen molar-refractivity contribution in [1.82, 2.24) is 9.62 Å². The van der Waals surface area contributed by atoms with Crippen molar-refractivity contribution in [3.63, 3.8) is 0 Å². The number of nitrogens with two attached hydrogens (primary N) is 1. The standard InChI is InChI=1S/C6H9N3O5S/c1-2-3-4(5(10)14-2)9(6(11)8-3)15(7,12)13/h2-4H,1H3,(H,8,11)(H2,7,12,13)/t2-,3-,4-/m0/s1. The van der Waals surface area contributed by atoms with Crippen LogP contribution in [0.4, 0.5) is 4.79 Å². The number of rotatable bonds is 1. The minimum atomic E-state index is -4.24. The molecular formula is C6H9N3O5S. The summed E-state index contributed by atoms with van der Waals surface area (Å²) in [6, 6.07) is -2.73. The highest BCUT2D eigenvalue weighted by Gasteiger charge is 2.56. The third kappa shape index (κ3) is 1.35. The summed E-state index contributed by atoms with van der Waals surface area (Å²) in [6.07, 6.45) is -0.557. The van der Waals surface area contributed by atoms with Crippen molar-refractivity contribution in [3.8, 4) is 0 Å². The van der Waals surface area contributed by atoms with Gasteiger partial charge in [-0.25, -0.2) is 14.7 Å². The molecule has 2 saturated heterocycles. The van der Waals surface area contributed by atoms with Crippen molar-refractivity contribution in [2.45, 2.75) is 25.1 Å². The molecule has 0 aromatic carbocycles. The topological polar surface area (TPSA) is 119 Å². The molecule has 84 valence electrons. The summed E-state index contributed by atoms with van der Waals surface area (Å²) in [4.78, 5) is 22.6. The summed E-state index contributed by atoms with van der Waals surface area (Å²) in [5.41, 5.74) is 0. The molecule has 3 N–H and O–H groups in total. The fourth-order valence-electron chi connectivity index (χ4n) is 1.77. The van der Waals surface area contributed by atoms with Crippen LogP contribution in [0.1, 0.15) is 6.92 Å². The molecule has 2 aliphatic heterocycles. The molecule has 2 rings (SSSR count). The Hall–Kier alpha value is -1.35. The van der Waals surface area contributed by atoms with Gasteiger partial charge in [0.15, 0.2) is 6.04 Å². The zero-order valence-corrected chi connectivity index (χ0v) is 8.52. The lowest BCUT2D eigenvalue weighted by molar-refractivity contribution is -0.143. The van der Waals surface area contributed by atoms with E-state index in [2.05, 4.69) is 5.32 Å². The fraction of sp³-hybridized carbons (Fsp3) is 0.667. The van der Waals surface area contributed by atoms with Crippen LogP contribution < -0.4 is 10.5 Å². The van der Waals surface area contributed by atoms with E-state index in [0.29, 0.717) is 4.31 Å². The third-order valence-electron chi connectivity index (χ3n) is 2.41. The lowest BCUT2D eigenvalue weighted by Crippen LogP contribution is -2.46. The Bertz CT molecular complexity index is 432. The van der Waals surface area contributed by atoms with Gasteiger partial charge in [-0.15, -0.1) is 0 Å². The maximum Gasteiger partial charge on any atom is 0.333 e. The van der Waals surface area contributed by atoms with E-state index in [1.807, 2.05) is 0 Å². The molecule has 0 spiro atoms. The van der Waals surface area contributed by atoms with E-state index in [0.717, 1.165) is 0 Å². The molecule has 15 heavy (non-hydrogen) atoms. The molecule has 2 heterocycles. The highest BCUT2D eigenvalue weighted by atomic mass is 32.2. The molecule has 8 nitrogen and oxygen atoms in total. The van der Waals surface area contributed by atoms with Gasteiger partial charge >= 0.3 is 22.2 Å². The normalized spacial score (nSPS) is 35.1. The molecular weight excluding hydrogens is 226 g/mol. The minimum absolute atomic E-state index is 0.323. The van der Waals surface area contributed by atoms with Crippen LogP contribution in [0.5, 0.6) is 0 Å². The van der Waals surface area contributed by atoms with Gasteiger partial charge in [-0.05, 0) is 6.92 Å². The number of cyclic esters (lactones) is 1. The van der Waals surface area contributed by atoms with Crippen LogP contribution in [0.3, 0.4) is 0 Å². The number of nitrogens with one attached hydrogen (secondary N) is 1. The summed E-state index contributed by atoms with van der Waals surface area (Å²) in [5, 5.41) is 7.16. The second-order valence-electron chi connectivity index (χ2n) is 3.40. The average molecular weight is 235 g/mol. The van der Waals surface area contributed by atoms with Crippen LogP contribution in [0, 0.1) is 0 Å². The molecule has 0 bridgehead atoms. The average Bonchev–Trinajstić information content (AvgIpc) is 2.51. The van der Waals surface area contributed by atoms with E-state index in [4.69, 9.17) is 9.88 Å². The molecule has 0 aromatic rings. The molecule has 0 aliphatic carbocycles. The molecule has 2 fully saturated rings. The van der Waals surface area contributed by atoms with Gasteiger partial charge in [0.25, 0.3) is 0 Å². The highest BCUT2D eigenvalue weighted by Crippen LogP contribution is 2.27. The van der Waals surface area contributed by atoms with Crippen LogP contribution in [0.25, 0.3) is 0 Å². The molecule has 9 heteroatoms. The minimum Gasteiger partial charge on any atom is -0.459 e. The van der Waals surface area contributed by atoms with E-state index in [-0.39, 0.29) is 0 Å². The molecule has 2 aliphatic rings. The van der Waals surface area contributed by atoms with Crippen molar-refractivity contribution in [3.05, 3.63) is 0 Å². The van der Waals surface area contributed by atoms with Gasteiger partial charge in [0, 0.05) is 0 Å². The zero-order valence-electron chi connectivity index (χ0n) is 7.71. The molecule has 2 amide bonds. The lowest BCUT2D eigenvalue weighted by Gasteiger charge is -2.15. The number of carbonyl (C=O) groups excluding carboxylic acids is 2. The Balaban J connectivity index is 2.43. The summed E-state index contributed by atoms with van der Waals surface area (Å²) in [7, 11) is -4.24. The van der Waals surface area contributed by atoms with Gasteiger partial charge in [0.2, 0.25) is 0 Å². The Morgan fingerprint density at radius 2 is 2.07 bits per heavy atom. The third-order valence-corrected chi connectivity index (χ3v) is 3.35. The first-order valence-electron chi connectivity index (χ1n) is 4.15. The first-order chi connectivity index (χ1) is 6.82. The van der Waals surface area contributed by atoms with E-state index < -0.39 is 40.4 Å². The number of carbonyl (C=O) groups is 2. The number of fused-ring (bicyclic) bond motifs is 1. The van der Waals surface area contributed by atoms with Crippen LogP contribution in [0.2, 0.25) is 0 Å². The molecule has 0 unspecified atom stereocenters.